The number of esters is 1. The molecule has 3 rings (SSSR count). The summed E-state index contributed by atoms with van der Waals surface area (Å²) < 4.78 is 44.1. The summed E-state index contributed by atoms with van der Waals surface area (Å²) in [5, 5.41) is 0. The third-order valence-electron chi connectivity index (χ3n) is 4.80. The minimum Gasteiger partial charge on any atom is -0.490 e. The van der Waals surface area contributed by atoms with Crippen LogP contribution in [0.25, 0.3) is 0 Å². The molecule has 0 bridgehead atoms. The van der Waals surface area contributed by atoms with Gasteiger partial charge in [0.05, 0.1) is 25.2 Å². The van der Waals surface area contributed by atoms with Crippen LogP contribution >= 0.6 is 0 Å². The van der Waals surface area contributed by atoms with Gasteiger partial charge < -0.3 is 14.2 Å². The molecule has 0 aromatic heterocycles. The zero-order valence-electron chi connectivity index (χ0n) is 16.8. The van der Waals surface area contributed by atoms with E-state index in [2.05, 4.69) is 0 Å². The molecule has 2 aromatic rings. The van der Waals surface area contributed by atoms with E-state index in [1.54, 1.807) is 6.07 Å². The largest absolute Gasteiger partial charge is 0.490 e. The zero-order chi connectivity index (χ0) is 21.0. The van der Waals surface area contributed by atoms with Gasteiger partial charge in [0.15, 0.2) is 11.5 Å². The minimum absolute atomic E-state index is 0.0395. The second-order valence-corrected chi connectivity index (χ2v) is 8.43. The van der Waals surface area contributed by atoms with Crippen molar-refractivity contribution in [2.24, 2.45) is 0 Å². The Kier molecular flexibility index (Phi) is 6.44. The molecule has 1 heterocycles. The van der Waals surface area contributed by atoms with E-state index >= 15 is 0 Å². The molecule has 1 atom stereocenters. The highest BCUT2D eigenvalue weighted by Gasteiger charge is 2.40. The standard InChI is InChI=1S/C21H25NO6S/c1-4-27-19-11-10-17(13-20(19)28-5-2)29(24,25)22-14-16-9-7-6-8-15(16)12-18(22)21(23)26-3/h6-11,13,18H,4-5,12,14H2,1-3H3/t18-/m1/s1. The Morgan fingerprint density at radius 2 is 1.69 bits per heavy atom. The van der Waals surface area contributed by atoms with Crippen molar-refractivity contribution in [3.05, 3.63) is 53.6 Å². The van der Waals surface area contributed by atoms with E-state index < -0.39 is 22.0 Å². The molecule has 0 N–H and O–H groups in total. The predicted molar refractivity (Wildman–Crippen MR) is 107 cm³/mol. The van der Waals surface area contributed by atoms with Gasteiger partial charge in [-0.1, -0.05) is 24.3 Å². The minimum atomic E-state index is -3.98. The quantitative estimate of drug-likeness (QED) is 0.642. The Balaban J connectivity index is 2.04. The zero-order valence-corrected chi connectivity index (χ0v) is 17.6. The van der Waals surface area contributed by atoms with Crippen LogP contribution in [0, 0.1) is 0 Å². The Morgan fingerprint density at radius 3 is 2.34 bits per heavy atom. The molecule has 0 saturated heterocycles. The summed E-state index contributed by atoms with van der Waals surface area (Å²) in [5.74, 6) is 0.239. The van der Waals surface area contributed by atoms with Crippen molar-refractivity contribution >= 4 is 16.0 Å². The van der Waals surface area contributed by atoms with Crippen LogP contribution < -0.4 is 9.47 Å². The molecule has 7 nitrogen and oxygen atoms in total. The number of rotatable bonds is 7. The van der Waals surface area contributed by atoms with Gasteiger partial charge in [0, 0.05) is 19.0 Å². The second kappa shape index (κ2) is 8.84. The van der Waals surface area contributed by atoms with Gasteiger partial charge in [-0.2, -0.15) is 4.31 Å². The maximum atomic E-state index is 13.5. The topological polar surface area (TPSA) is 82.1 Å². The van der Waals surface area contributed by atoms with Crippen LogP contribution in [0.4, 0.5) is 0 Å². The van der Waals surface area contributed by atoms with E-state index in [4.69, 9.17) is 14.2 Å². The third-order valence-corrected chi connectivity index (χ3v) is 6.65. The van der Waals surface area contributed by atoms with Crippen molar-refractivity contribution in [2.45, 2.75) is 37.8 Å². The van der Waals surface area contributed by atoms with Crippen molar-refractivity contribution in [1.29, 1.82) is 0 Å². The summed E-state index contributed by atoms with van der Waals surface area (Å²) in [6, 6.07) is 11.1. The molecular formula is C21H25NO6S. The summed E-state index contributed by atoms with van der Waals surface area (Å²) in [6.07, 6.45) is 0.261. The lowest BCUT2D eigenvalue weighted by Crippen LogP contribution is -2.49. The Morgan fingerprint density at radius 1 is 1.03 bits per heavy atom. The number of carbonyl (C=O) groups is 1. The van der Waals surface area contributed by atoms with Gasteiger partial charge in [-0.05, 0) is 37.1 Å². The number of sulfonamides is 1. The molecule has 1 aliphatic heterocycles. The fourth-order valence-corrected chi connectivity index (χ4v) is 4.99. The molecule has 0 spiro atoms. The fourth-order valence-electron chi connectivity index (χ4n) is 3.42. The van der Waals surface area contributed by atoms with Gasteiger partial charge in [-0.3, -0.25) is 4.79 Å². The van der Waals surface area contributed by atoms with Crippen LogP contribution in [-0.4, -0.2) is 45.1 Å². The molecule has 8 heteroatoms. The molecular weight excluding hydrogens is 394 g/mol. The third kappa shape index (κ3) is 4.23. The fraction of sp³-hybridized carbons (Fsp3) is 0.381. The number of hydrogen-bond donors (Lipinski definition) is 0. The number of fused-ring (bicyclic) bond motifs is 1. The number of benzene rings is 2. The van der Waals surface area contributed by atoms with E-state index in [1.807, 2.05) is 38.1 Å². The van der Waals surface area contributed by atoms with Gasteiger partial charge in [0.1, 0.15) is 6.04 Å². The summed E-state index contributed by atoms with van der Waals surface area (Å²) in [7, 11) is -2.72. The van der Waals surface area contributed by atoms with Crippen LogP contribution in [0.2, 0.25) is 0 Å². The van der Waals surface area contributed by atoms with E-state index in [9.17, 15) is 13.2 Å². The molecule has 29 heavy (non-hydrogen) atoms. The highest BCUT2D eigenvalue weighted by atomic mass is 32.2. The number of methoxy groups -OCH3 is 1. The Labute approximate surface area is 171 Å². The van der Waals surface area contributed by atoms with Gasteiger partial charge in [0.25, 0.3) is 0 Å². The highest BCUT2D eigenvalue weighted by molar-refractivity contribution is 7.89. The summed E-state index contributed by atoms with van der Waals surface area (Å²) >= 11 is 0. The number of hydrogen-bond acceptors (Lipinski definition) is 6. The van der Waals surface area contributed by atoms with Crippen molar-refractivity contribution in [3.63, 3.8) is 0 Å². The summed E-state index contributed by atoms with van der Waals surface area (Å²) in [5.41, 5.74) is 1.81. The number of ether oxygens (including phenoxy) is 3. The van der Waals surface area contributed by atoms with Crippen LogP contribution in [-0.2, 0) is 32.5 Å². The van der Waals surface area contributed by atoms with Crippen LogP contribution in [0.3, 0.4) is 0 Å². The molecule has 156 valence electrons. The van der Waals surface area contributed by atoms with Crippen molar-refractivity contribution in [3.8, 4) is 11.5 Å². The maximum absolute atomic E-state index is 13.5. The average Bonchev–Trinajstić information content (AvgIpc) is 2.73. The maximum Gasteiger partial charge on any atom is 0.324 e. The normalized spacial score (nSPS) is 16.7. The highest BCUT2D eigenvalue weighted by Crippen LogP contribution is 2.34. The van der Waals surface area contributed by atoms with Crippen LogP contribution in [0.1, 0.15) is 25.0 Å². The molecule has 0 saturated carbocycles. The Hall–Kier alpha value is -2.58. The monoisotopic (exact) mass is 419 g/mol. The number of carbonyl (C=O) groups excluding carboxylic acids is 1. The summed E-state index contributed by atoms with van der Waals surface area (Å²) in [4.78, 5) is 12.4. The SMILES string of the molecule is CCOc1ccc(S(=O)(=O)N2Cc3ccccc3C[C@@H]2C(=O)OC)cc1OCC. The first kappa shape index (κ1) is 21.1. The van der Waals surface area contributed by atoms with Gasteiger partial charge in [0.2, 0.25) is 10.0 Å². The van der Waals surface area contributed by atoms with E-state index in [1.165, 1.54) is 23.5 Å². The molecule has 0 unspecified atom stereocenters. The van der Waals surface area contributed by atoms with E-state index in [0.29, 0.717) is 24.7 Å². The van der Waals surface area contributed by atoms with Crippen molar-refractivity contribution < 1.29 is 27.4 Å². The average molecular weight is 419 g/mol. The lowest BCUT2D eigenvalue weighted by molar-refractivity contribution is -0.145. The molecule has 0 radical (unpaired) electrons. The lowest BCUT2D eigenvalue weighted by atomic mass is 9.96. The predicted octanol–water partition coefficient (Wildman–Crippen LogP) is 2.77. The first-order chi connectivity index (χ1) is 13.9. The van der Waals surface area contributed by atoms with Gasteiger partial charge in [-0.15, -0.1) is 0 Å². The Bertz CT molecular complexity index is 988. The van der Waals surface area contributed by atoms with Crippen molar-refractivity contribution in [1.82, 2.24) is 4.31 Å². The molecule has 2 aromatic carbocycles. The molecule has 0 fully saturated rings. The van der Waals surface area contributed by atoms with Crippen LogP contribution in [0.15, 0.2) is 47.4 Å². The van der Waals surface area contributed by atoms with E-state index in [-0.39, 0.29) is 17.9 Å². The summed E-state index contributed by atoms with van der Waals surface area (Å²) in [6.45, 7) is 4.54. The lowest BCUT2D eigenvalue weighted by Gasteiger charge is -2.34. The van der Waals surface area contributed by atoms with Crippen molar-refractivity contribution in [2.75, 3.05) is 20.3 Å². The second-order valence-electron chi connectivity index (χ2n) is 6.54. The van der Waals surface area contributed by atoms with Gasteiger partial charge in [-0.25, -0.2) is 8.42 Å². The smallest absolute Gasteiger partial charge is 0.324 e. The molecule has 0 aliphatic carbocycles. The molecule has 1 aliphatic rings. The molecule has 0 amide bonds. The number of nitrogens with zero attached hydrogens (tertiary/aromatic N) is 1. The van der Waals surface area contributed by atoms with Crippen LogP contribution in [0.5, 0.6) is 11.5 Å². The van der Waals surface area contributed by atoms with Gasteiger partial charge >= 0.3 is 5.97 Å². The first-order valence-corrected chi connectivity index (χ1v) is 10.9. The first-order valence-electron chi connectivity index (χ1n) is 9.48. The van der Waals surface area contributed by atoms with E-state index in [0.717, 1.165) is 11.1 Å².